The first kappa shape index (κ1) is 11.7. The summed E-state index contributed by atoms with van der Waals surface area (Å²) in [6, 6.07) is 0. The number of hydrogen-bond acceptors (Lipinski definition) is 2. The lowest BCUT2D eigenvalue weighted by Crippen LogP contribution is -2.34. The number of amides is 2. The minimum atomic E-state index is -0.00273. The Morgan fingerprint density at radius 3 is 2.36 bits per heavy atom. The van der Waals surface area contributed by atoms with E-state index in [0.29, 0.717) is 25.3 Å². The Morgan fingerprint density at radius 1 is 1.36 bits per heavy atom. The van der Waals surface area contributed by atoms with Crippen molar-refractivity contribution in [3.8, 4) is 0 Å². The summed E-state index contributed by atoms with van der Waals surface area (Å²) in [5.74, 6) is 0.403. The number of alkyl halides is 1. The van der Waals surface area contributed by atoms with Crippen LogP contribution in [0.2, 0.25) is 0 Å². The van der Waals surface area contributed by atoms with Crippen LogP contribution in [0.3, 0.4) is 0 Å². The van der Waals surface area contributed by atoms with Gasteiger partial charge < -0.3 is 0 Å². The molecular formula is C10H16BrNO2. The topological polar surface area (TPSA) is 37.4 Å². The van der Waals surface area contributed by atoms with Crippen molar-refractivity contribution in [1.29, 1.82) is 0 Å². The van der Waals surface area contributed by atoms with Crippen LogP contribution in [0.5, 0.6) is 0 Å². The quantitative estimate of drug-likeness (QED) is 0.561. The molecule has 80 valence electrons. The molecule has 1 heterocycles. The zero-order chi connectivity index (χ0) is 10.6. The van der Waals surface area contributed by atoms with Crippen molar-refractivity contribution in [2.75, 3.05) is 11.9 Å². The van der Waals surface area contributed by atoms with Crippen molar-refractivity contribution in [2.45, 2.75) is 32.6 Å². The van der Waals surface area contributed by atoms with Crippen molar-refractivity contribution in [2.24, 2.45) is 5.92 Å². The molecule has 1 aliphatic heterocycles. The van der Waals surface area contributed by atoms with Crippen LogP contribution in [0.4, 0.5) is 0 Å². The van der Waals surface area contributed by atoms with E-state index in [1.807, 2.05) is 0 Å². The normalized spacial score (nSPS) is 19.1. The minimum Gasteiger partial charge on any atom is -0.282 e. The fourth-order valence-electron chi connectivity index (χ4n) is 1.71. The smallest absolute Gasteiger partial charge is 0.229 e. The first-order valence-corrected chi connectivity index (χ1v) is 6.20. The van der Waals surface area contributed by atoms with Crippen LogP contribution >= 0.6 is 15.9 Å². The van der Waals surface area contributed by atoms with Gasteiger partial charge in [-0.3, -0.25) is 14.5 Å². The maximum atomic E-state index is 11.3. The first-order chi connectivity index (χ1) is 6.69. The van der Waals surface area contributed by atoms with Crippen molar-refractivity contribution in [1.82, 2.24) is 4.90 Å². The number of imide groups is 1. The Bertz CT molecular complexity index is 214. The molecule has 0 aromatic rings. The van der Waals surface area contributed by atoms with Gasteiger partial charge in [0, 0.05) is 24.7 Å². The Balaban J connectivity index is 2.48. The zero-order valence-corrected chi connectivity index (χ0v) is 10.0. The Kier molecular flexibility index (Phi) is 4.58. The van der Waals surface area contributed by atoms with E-state index in [-0.39, 0.29) is 11.8 Å². The van der Waals surface area contributed by atoms with Crippen LogP contribution in [0.1, 0.15) is 32.6 Å². The second-order valence-electron chi connectivity index (χ2n) is 3.71. The molecule has 0 N–H and O–H groups in total. The molecule has 1 fully saturated rings. The second kappa shape index (κ2) is 5.49. The lowest BCUT2D eigenvalue weighted by molar-refractivity contribution is -0.139. The standard InChI is InChI=1S/C10H16BrNO2/c1-2-3-8(6-11)7-12-9(13)4-5-10(12)14/h8H,2-7H2,1H3. The molecule has 3 nitrogen and oxygen atoms in total. The lowest BCUT2D eigenvalue weighted by Gasteiger charge is -2.20. The van der Waals surface area contributed by atoms with Gasteiger partial charge in [-0.25, -0.2) is 0 Å². The molecule has 0 saturated carbocycles. The molecule has 0 aromatic heterocycles. The highest BCUT2D eigenvalue weighted by molar-refractivity contribution is 9.09. The molecule has 0 radical (unpaired) electrons. The lowest BCUT2D eigenvalue weighted by atomic mass is 10.1. The average Bonchev–Trinajstić information content (AvgIpc) is 2.48. The fourth-order valence-corrected chi connectivity index (χ4v) is 2.24. The predicted octanol–water partition coefficient (Wildman–Crippen LogP) is 1.95. The highest BCUT2D eigenvalue weighted by atomic mass is 79.9. The number of likely N-dealkylation sites (tertiary alicyclic amines) is 1. The van der Waals surface area contributed by atoms with Gasteiger partial charge in [0.25, 0.3) is 0 Å². The summed E-state index contributed by atoms with van der Waals surface area (Å²) in [6.45, 7) is 2.71. The van der Waals surface area contributed by atoms with Crippen molar-refractivity contribution < 1.29 is 9.59 Å². The summed E-state index contributed by atoms with van der Waals surface area (Å²) in [4.78, 5) is 24.1. The van der Waals surface area contributed by atoms with Gasteiger partial charge in [-0.1, -0.05) is 29.3 Å². The Hall–Kier alpha value is -0.380. The number of halogens is 1. The van der Waals surface area contributed by atoms with Gasteiger partial charge >= 0.3 is 0 Å². The van der Waals surface area contributed by atoms with E-state index < -0.39 is 0 Å². The van der Waals surface area contributed by atoms with Crippen LogP contribution < -0.4 is 0 Å². The van der Waals surface area contributed by atoms with Crippen LogP contribution in [0.15, 0.2) is 0 Å². The molecule has 4 heteroatoms. The number of rotatable bonds is 5. The number of carbonyl (C=O) groups is 2. The van der Waals surface area contributed by atoms with Gasteiger partial charge in [-0.05, 0) is 12.3 Å². The van der Waals surface area contributed by atoms with Gasteiger partial charge in [0.05, 0.1) is 0 Å². The molecule has 0 bridgehead atoms. The van der Waals surface area contributed by atoms with Gasteiger partial charge in [0.1, 0.15) is 0 Å². The van der Waals surface area contributed by atoms with Gasteiger partial charge in [-0.15, -0.1) is 0 Å². The Morgan fingerprint density at radius 2 is 1.93 bits per heavy atom. The average molecular weight is 262 g/mol. The third kappa shape index (κ3) is 2.80. The number of carbonyl (C=O) groups excluding carboxylic acids is 2. The maximum absolute atomic E-state index is 11.3. The molecule has 0 spiro atoms. The zero-order valence-electron chi connectivity index (χ0n) is 8.46. The molecule has 0 aliphatic carbocycles. The Labute approximate surface area is 93.0 Å². The SMILES string of the molecule is CCCC(CBr)CN1C(=O)CCC1=O. The van der Waals surface area contributed by atoms with Crippen LogP contribution in [0, 0.1) is 5.92 Å². The largest absolute Gasteiger partial charge is 0.282 e. The maximum Gasteiger partial charge on any atom is 0.229 e. The van der Waals surface area contributed by atoms with Crippen molar-refractivity contribution in [3.05, 3.63) is 0 Å². The van der Waals surface area contributed by atoms with E-state index >= 15 is 0 Å². The summed E-state index contributed by atoms with van der Waals surface area (Å²) >= 11 is 3.41. The fraction of sp³-hybridized carbons (Fsp3) is 0.800. The van der Waals surface area contributed by atoms with E-state index in [4.69, 9.17) is 0 Å². The van der Waals surface area contributed by atoms with E-state index in [0.717, 1.165) is 18.2 Å². The molecule has 1 atom stereocenters. The molecule has 1 unspecified atom stereocenters. The molecule has 1 saturated heterocycles. The van der Waals surface area contributed by atoms with E-state index in [2.05, 4.69) is 22.9 Å². The molecule has 14 heavy (non-hydrogen) atoms. The summed E-state index contributed by atoms with van der Waals surface area (Å²) in [5, 5.41) is 0.859. The van der Waals surface area contributed by atoms with E-state index in [9.17, 15) is 9.59 Å². The molecule has 1 aliphatic rings. The summed E-state index contributed by atoms with van der Waals surface area (Å²) in [5.41, 5.74) is 0. The highest BCUT2D eigenvalue weighted by Gasteiger charge is 2.30. The van der Waals surface area contributed by atoms with Crippen LogP contribution in [0.25, 0.3) is 0 Å². The van der Waals surface area contributed by atoms with E-state index in [1.165, 1.54) is 4.90 Å². The van der Waals surface area contributed by atoms with Crippen molar-refractivity contribution >= 4 is 27.7 Å². The van der Waals surface area contributed by atoms with Crippen LogP contribution in [-0.4, -0.2) is 28.6 Å². The molecule has 0 aromatic carbocycles. The summed E-state index contributed by atoms with van der Waals surface area (Å²) < 4.78 is 0. The minimum absolute atomic E-state index is 0.00273. The summed E-state index contributed by atoms with van der Waals surface area (Å²) in [6.07, 6.45) is 2.95. The molecular weight excluding hydrogens is 246 g/mol. The molecule has 1 rings (SSSR count). The first-order valence-electron chi connectivity index (χ1n) is 5.08. The number of nitrogens with zero attached hydrogens (tertiary/aromatic N) is 1. The second-order valence-corrected chi connectivity index (χ2v) is 4.35. The highest BCUT2D eigenvalue weighted by Crippen LogP contribution is 2.17. The third-order valence-electron chi connectivity index (χ3n) is 2.51. The summed E-state index contributed by atoms with van der Waals surface area (Å²) in [7, 11) is 0. The van der Waals surface area contributed by atoms with Crippen LogP contribution in [-0.2, 0) is 9.59 Å². The van der Waals surface area contributed by atoms with Gasteiger partial charge in [0.2, 0.25) is 11.8 Å². The predicted molar refractivity (Wildman–Crippen MR) is 58.1 cm³/mol. The third-order valence-corrected chi connectivity index (χ3v) is 3.43. The van der Waals surface area contributed by atoms with Gasteiger partial charge in [-0.2, -0.15) is 0 Å². The molecule has 2 amide bonds. The van der Waals surface area contributed by atoms with Gasteiger partial charge in [0.15, 0.2) is 0 Å². The van der Waals surface area contributed by atoms with E-state index in [1.54, 1.807) is 0 Å². The van der Waals surface area contributed by atoms with Crippen molar-refractivity contribution in [3.63, 3.8) is 0 Å². The monoisotopic (exact) mass is 261 g/mol. The number of hydrogen-bond donors (Lipinski definition) is 0.